The van der Waals surface area contributed by atoms with E-state index in [1.807, 2.05) is 6.07 Å². The van der Waals surface area contributed by atoms with Crippen LogP contribution in [0.2, 0.25) is 0 Å². The van der Waals surface area contributed by atoms with Crippen LogP contribution in [-0.2, 0) is 0 Å². The minimum Gasteiger partial charge on any atom is -0.473 e. The quantitative estimate of drug-likeness (QED) is 0.902. The molecular weight excluding hydrogens is 270 g/mol. The van der Waals surface area contributed by atoms with Crippen LogP contribution in [-0.4, -0.2) is 36.1 Å². The first-order valence-electron chi connectivity index (χ1n) is 5.41. The second-order valence-electron chi connectivity index (χ2n) is 4.18. The third kappa shape index (κ3) is 2.86. The zero-order valence-electron chi connectivity index (χ0n) is 9.32. The zero-order chi connectivity index (χ0) is 11.5. The summed E-state index contributed by atoms with van der Waals surface area (Å²) in [5, 5.41) is 0. The fourth-order valence-corrected chi connectivity index (χ4v) is 2.25. The summed E-state index contributed by atoms with van der Waals surface area (Å²) in [6.07, 6.45) is 3.99. The van der Waals surface area contributed by atoms with E-state index < -0.39 is 0 Å². The molecule has 0 unspecified atom stereocenters. The number of anilines is 1. The maximum Gasteiger partial charge on any atom is 0.228 e. The Morgan fingerprint density at radius 1 is 1.50 bits per heavy atom. The van der Waals surface area contributed by atoms with Gasteiger partial charge in [-0.2, -0.15) is 0 Å². The highest BCUT2D eigenvalue weighted by molar-refractivity contribution is 9.10. The highest BCUT2D eigenvalue weighted by Gasteiger charge is 2.19. The van der Waals surface area contributed by atoms with Crippen molar-refractivity contribution in [3.05, 3.63) is 16.7 Å². The lowest BCUT2D eigenvalue weighted by Crippen LogP contribution is -2.35. The van der Waals surface area contributed by atoms with Crippen molar-refractivity contribution in [3.63, 3.8) is 0 Å². The summed E-state index contributed by atoms with van der Waals surface area (Å²) < 4.78 is 6.67. The van der Waals surface area contributed by atoms with Crippen molar-refractivity contribution >= 4 is 21.6 Å². The predicted octanol–water partition coefficient (Wildman–Crippen LogP) is 1.90. The fourth-order valence-electron chi connectivity index (χ4n) is 1.79. The number of halogens is 1. The van der Waals surface area contributed by atoms with E-state index in [1.54, 1.807) is 6.20 Å². The van der Waals surface area contributed by atoms with Crippen LogP contribution >= 0.6 is 15.9 Å². The van der Waals surface area contributed by atoms with Crippen LogP contribution in [0.25, 0.3) is 0 Å². The standard InChI is InChI=1S/C11H16BrN3O/c1-15-4-2-9(3-5-15)16-11-10(12)6-8(13)7-14-11/h6-7,9H,2-5,13H2,1H3. The van der Waals surface area contributed by atoms with Gasteiger partial charge in [-0.15, -0.1) is 0 Å². The van der Waals surface area contributed by atoms with Crippen molar-refractivity contribution in [3.8, 4) is 5.88 Å². The fraction of sp³-hybridized carbons (Fsp3) is 0.545. The summed E-state index contributed by atoms with van der Waals surface area (Å²) in [7, 11) is 2.13. The predicted molar refractivity (Wildman–Crippen MR) is 67.5 cm³/mol. The first-order chi connectivity index (χ1) is 7.65. The van der Waals surface area contributed by atoms with Crippen LogP contribution in [0.5, 0.6) is 5.88 Å². The molecule has 1 saturated heterocycles. The van der Waals surface area contributed by atoms with Crippen molar-refractivity contribution in [2.45, 2.75) is 18.9 Å². The Balaban J connectivity index is 1.98. The number of ether oxygens (including phenoxy) is 1. The van der Waals surface area contributed by atoms with Crippen molar-refractivity contribution in [1.82, 2.24) is 9.88 Å². The second kappa shape index (κ2) is 5.01. The monoisotopic (exact) mass is 285 g/mol. The number of hydrogen-bond donors (Lipinski definition) is 1. The smallest absolute Gasteiger partial charge is 0.228 e. The number of pyridine rings is 1. The molecule has 1 aliphatic rings. The van der Waals surface area contributed by atoms with Crippen molar-refractivity contribution < 1.29 is 4.74 Å². The van der Waals surface area contributed by atoms with Gasteiger partial charge in [-0.3, -0.25) is 0 Å². The molecule has 2 heterocycles. The van der Waals surface area contributed by atoms with Crippen LogP contribution in [0.1, 0.15) is 12.8 Å². The molecular formula is C11H16BrN3O. The summed E-state index contributed by atoms with van der Waals surface area (Å²) in [5.41, 5.74) is 6.27. The Kier molecular flexibility index (Phi) is 3.66. The normalized spacial score (nSPS) is 18.6. The molecule has 0 saturated carbocycles. The maximum absolute atomic E-state index is 5.85. The van der Waals surface area contributed by atoms with E-state index in [1.165, 1.54) is 0 Å². The van der Waals surface area contributed by atoms with E-state index in [2.05, 4.69) is 32.9 Å². The average Bonchev–Trinajstić information content (AvgIpc) is 2.25. The molecule has 0 radical (unpaired) electrons. The number of hydrogen-bond acceptors (Lipinski definition) is 4. The van der Waals surface area contributed by atoms with Gasteiger partial charge in [0.05, 0.1) is 16.4 Å². The molecule has 0 aliphatic carbocycles. The van der Waals surface area contributed by atoms with E-state index in [4.69, 9.17) is 10.5 Å². The van der Waals surface area contributed by atoms with Crippen molar-refractivity contribution in [2.24, 2.45) is 0 Å². The van der Waals surface area contributed by atoms with Gasteiger partial charge in [0.25, 0.3) is 0 Å². The van der Waals surface area contributed by atoms with Crippen LogP contribution < -0.4 is 10.5 Å². The number of piperidine rings is 1. The highest BCUT2D eigenvalue weighted by Crippen LogP contribution is 2.26. The second-order valence-corrected chi connectivity index (χ2v) is 5.03. The minimum absolute atomic E-state index is 0.267. The molecule has 1 aromatic heterocycles. The molecule has 1 fully saturated rings. The molecule has 1 aliphatic heterocycles. The van der Waals surface area contributed by atoms with Crippen LogP contribution in [0.4, 0.5) is 5.69 Å². The van der Waals surface area contributed by atoms with Crippen LogP contribution in [0, 0.1) is 0 Å². The van der Waals surface area contributed by atoms with Crippen molar-refractivity contribution in [1.29, 1.82) is 0 Å². The summed E-state index contributed by atoms with van der Waals surface area (Å²) in [6.45, 7) is 2.16. The number of aromatic nitrogens is 1. The molecule has 2 N–H and O–H groups in total. The Labute approximate surface area is 104 Å². The molecule has 5 heteroatoms. The maximum atomic E-state index is 5.85. The number of nitrogens with zero attached hydrogens (tertiary/aromatic N) is 2. The lowest BCUT2D eigenvalue weighted by Gasteiger charge is -2.29. The zero-order valence-corrected chi connectivity index (χ0v) is 10.9. The van der Waals surface area contributed by atoms with E-state index >= 15 is 0 Å². The molecule has 4 nitrogen and oxygen atoms in total. The number of likely N-dealkylation sites (tertiary alicyclic amines) is 1. The van der Waals surface area contributed by atoms with Crippen LogP contribution in [0.3, 0.4) is 0 Å². The van der Waals surface area contributed by atoms with Gasteiger partial charge < -0.3 is 15.4 Å². The van der Waals surface area contributed by atoms with Gasteiger partial charge in [-0.05, 0) is 41.9 Å². The van der Waals surface area contributed by atoms with Gasteiger partial charge in [0.2, 0.25) is 5.88 Å². The Bertz CT molecular complexity index is 364. The first kappa shape index (κ1) is 11.7. The first-order valence-corrected chi connectivity index (χ1v) is 6.20. The average molecular weight is 286 g/mol. The summed E-state index contributed by atoms with van der Waals surface area (Å²) in [6, 6.07) is 1.82. The summed E-state index contributed by atoms with van der Waals surface area (Å²) in [4.78, 5) is 6.49. The van der Waals surface area contributed by atoms with Gasteiger partial charge in [0.15, 0.2) is 0 Å². The third-order valence-electron chi connectivity index (χ3n) is 2.77. The summed E-state index contributed by atoms with van der Waals surface area (Å²) >= 11 is 3.41. The summed E-state index contributed by atoms with van der Waals surface area (Å²) in [5.74, 6) is 0.642. The van der Waals surface area contributed by atoms with Gasteiger partial charge >= 0.3 is 0 Å². The van der Waals surface area contributed by atoms with Crippen molar-refractivity contribution in [2.75, 3.05) is 25.9 Å². The Hall–Kier alpha value is -0.810. The molecule has 0 spiro atoms. The Morgan fingerprint density at radius 2 is 2.19 bits per heavy atom. The van der Waals surface area contributed by atoms with E-state index in [9.17, 15) is 0 Å². The lowest BCUT2D eigenvalue weighted by molar-refractivity contribution is 0.109. The molecule has 88 valence electrons. The Morgan fingerprint density at radius 3 is 2.81 bits per heavy atom. The molecule has 0 bridgehead atoms. The highest BCUT2D eigenvalue weighted by atomic mass is 79.9. The largest absolute Gasteiger partial charge is 0.473 e. The lowest BCUT2D eigenvalue weighted by atomic mass is 10.1. The molecule has 0 atom stereocenters. The van der Waals surface area contributed by atoms with Gasteiger partial charge in [-0.25, -0.2) is 4.98 Å². The van der Waals surface area contributed by atoms with E-state index in [0.717, 1.165) is 30.4 Å². The number of rotatable bonds is 2. The number of nitrogens with two attached hydrogens (primary N) is 1. The van der Waals surface area contributed by atoms with E-state index in [-0.39, 0.29) is 6.10 Å². The molecule has 0 aromatic carbocycles. The topological polar surface area (TPSA) is 51.4 Å². The molecule has 1 aromatic rings. The van der Waals surface area contributed by atoms with Gasteiger partial charge in [0.1, 0.15) is 6.10 Å². The third-order valence-corrected chi connectivity index (χ3v) is 3.34. The van der Waals surface area contributed by atoms with E-state index in [0.29, 0.717) is 11.6 Å². The molecule has 0 amide bonds. The van der Waals surface area contributed by atoms with Gasteiger partial charge in [-0.1, -0.05) is 0 Å². The van der Waals surface area contributed by atoms with Crippen LogP contribution in [0.15, 0.2) is 16.7 Å². The SMILES string of the molecule is CN1CCC(Oc2ncc(N)cc2Br)CC1. The minimum atomic E-state index is 0.267. The molecule has 16 heavy (non-hydrogen) atoms. The molecule has 2 rings (SSSR count). The number of nitrogen functional groups attached to an aromatic ring is 1. The van der Waals surface area contributed by atoms with Gasteiger partial charge in [0, 0.05) is 13.1 Å².